The molecule has 2 amide bonds. The van der Waals surface area contributed by atoms with Gasteiger partial charge in [-0.3, -0.25) is 10.8 Å². The quantitative estimate of drug-likeness (QED) is 0.401. The van der Waals surface area contributed by atoms with Gasteiger partial charge in [0.05, 0.1) is 0 Å². The number of aryl methyl sites for hydroxylation is 4. The number of hydrogen-bond donors (Lipinski definition) is 3. The highest BCUT2D eigenvalue weighted by molar-refractivity contribution is 6.19. The number of benzene rings is 2. The molecule has 0 radical (unpaired) electrons. The van der Waals surface area contributed by atoms with Crippen molar-refractivity contribution in [2.75, 3.05) is 23.9 Å². The summed E-state index contributed by atoms with van der Waals surface area (Å²) in [6, 6.07) is 4.75. The Hall–Kier alpha value is -3.49. The third-order valence-electron chi connectivity index (χ3n) is 5.33. The predicted octanol–water partition coefficient (Wildman–Crippen LogP) is 5.45. The van der Waals surface area contributed by atoms with Crippen LogP contribution in [0.15, 0.2) is 24.3 Å². The number of halogens is 2. The van der Waals surface area contributed by atoms with Gasteiger partial charge in [-0.15, -0.1) is 0 Å². The van der Waals surface area contributed by atoms with Crippen LogP contribution in [0.5, 0.6) is 0 Å². The number of urea groups is 1. The first-order valence-corrected chi connectivity index (χ1v) is 10.9. The highest BCUT2D eigenvalue weighted by Crippen LogP contribution is 2.28. The van der Waals surface area contributed by atoms with Gasteiger partial charge in [0, 0.05) is 31.0 Å². The Morgan fingerprint density at radius 3 is 1.32 bits per heavy atom. The van der Waals surface area contributed by atoms with Crippen molar-refractivity contribution in [3.05, 3.63) is 58.2 Å². The van der Waals surface area contributed by atoms with E-state index in [0.717, 1.165) is 4.90 Å². The molecule has 0 aliphatic rings. The topological polar surface area (TPSA) is 86.5 Å². The average Bonchev–Trinajstić information content (AvgIpc) is 2.64. The molecule has 0 aromatic heterocycles. The van der Waals surface area contributed by atoms with Gasteiger partial charge in [0.15, 0.2) is 0 Å². The van der Waals surface area contributed by atoms with Gasteiger partial charge in [-0.25, -0.2) is 18.5 Å². The van der Waals surface area contributed by atoms with Gasteiger partial charge in [-0.1, -0.05) is 0 Å². The molecule has 0 spiro atoms. The molecule has 0 saturated carbocycles. The number of guanidine groups is 2. The molecule has 0 aliphatic heterocycles. The second kappa shape index (κ2) is 9.79. The minimum atomic E-state index is -0.670. The molecule has 0 bridgehead atoms. The molecule has 0 aliphatic carbocycles. The van der Waals surface area contributed by atoms with Crippen molar-refractivity contribution in [3.63, 3.8) is 0 Å². The maximum absolute atomic E-state index is 13.9. The summed E-state index contributed by atoms with van der Waals surface area (Å²) in [5.74, 6) is -1.38. The van der Waals surface area contributed by atoms with Crippen molar-refractivity contribution >= 4 is 29.3 Å². The Labute approximate surface area is 200 Å². The fourth-order valence-electron chi connectivity index (χ4n) is 4.05. The molecule has 0 unspecified atom stereocenters. The van der Waals surface area contributed by atoms with E-state index in [0.29, 0.717) is 33.6 Å². The highest BCUT2D eigenvalue weighted by Gasteiger charge is 2.32. The third-order valence-corrected chi connectivity index (χ3v) is 5.33. The van der Waals surface area contributed by atoms with Crippen LogP contribution in [-0.4, -0.2) is 42.5 Å². The van der Waals surface area contributed by atoms with Crippen LogP contribution in [0.1, 0.15) is 43.0 Å². The van der Waals surface area contributed by atoms with E-state index in [1.807, 2.05) is 0 Å². The molecule has 3 N–H and O–H groups in total. The number of nitrogens with one attached hydrogen (secondary N) is 3. The first kappa shape index (κ1) is 26.8. The van der Waals surface area contributed by atoms with Crippen LogP contribution < -0.4 is 15.1 Å². The van der Waals surface area contributed by atoms with E-state index < -0.39 is 23.2 Å². The number of amides is 2. The minimum Gasteiger partial charge on any atom is -0.333 e. The second-order valence-electron chi connectivity index (χ2n) is 9.56. The molecule has 0 heterocycles. The molecule has 184 valence electrons. The smallest absolute Gasteiger partial charge is 0.331 e. The molecule has 0 atom stereocenters. The molecule has 34 heavy (non-hydrogen) atoms. The molecule has 9 heteroatoms. The first-order valence-electron chi connectivity index (χ1n) is 10.9. The van der Waals surface area contributed by atoms with Gasteiger partial charge in [0.25, 0.3) is 0 Å². The lowest BCUT2D eigenvalue weighted by molar-refractivity contribution is 0.222. The summed E-state index contributed by atoms with van der Waals surface area (Å²) in [7, 11) is 3.18. The molecule has 0 saturated heterocycles. The van der Waals surface area contributed by atoms with E-state index >= 15 is 0 Å². The summed E-state index contributed by atoms with van der Waals surface area (Å²) < 4.78 is 27.7. The summed E-state index contributed by atoms with van der Waals surface area (Å²) in [5.41, 5.74) is 2.85. The Kier molecular flexibility index (Phi) is 7.70. The molecule has 2 aromatic rings. The fraction of sp³-hybridized carbons (Fsp3) is 0.400. The number of hydrogen-bond acceptors (Lipinski definition) is 3. The Balaban J connectivity index is 2.57. The lowest BCUT2D eigenvalue weighted by atomic mass is 10.1. The molecule has 2 rings (SSSR count). The maximum atomic E-state index is 13.9. The lowest BCUT2D eigenvalue weighted by Crippen LogP contribution is -2.59. The first-order chi connectivity index (χ1) is 15.5. The SMILES string of the molecule is Cc1cc(F)cc(C)c1N(C)C(=N)N(C(=N)N(C)c1c(C)cc(F)cc1C)C(=O)NC(C)(C)C. The lowest BCUT2D eigenvalue weighted by Gasteiger charge is -2.36. The fourth-order valence-corrected chi connectivity index (χ4v) is 4.05. The third kappa shape index (κ3) is 5.70. The monoisotopic (exact) mass is 472 g/mol. The Morgan fingerprint density at radius 2 is 1.06 bits per heavy atom. The van der Waals surface area contributed by atoms with Gasteiger partial charge in [0.1, 0.15) is 11.6 Å². The molecule has 2 aromatic carbocycles. The summed E-state index contributed by atoms with van der Waals surface area (Å²) in [5, 5.41) is 20.5. The van der Waals surface area contributed by atoms with Gasteiger partial charge in [0.2, 0.25) is 11.9 Å². The van der Waals surface area contributed by atoms with Crippen molar-refractivity contribution in [2.45, 2.75) is 54.0 Å². The van der Waals surface area contributed by atoms with Crippen LogP contribution >= 0.6 is 0 Å². The van der Waals surface area contributed by atoms with E-state index in [9.17, 15) is 13.6 Å². The van der Waals surface area contributed by atoms with Gasteiger partial charge >= 0.3 is 6.03 Å². The van der Waals surface area contributed by atoms with E-state index in [1.54, 1.807) is 62.6 Å². The highest BCUT2D eigenvalue weighted by atomic mass is 19.1. The van der Waals surface area contributed by atoms with Crippen LogP contribution in [0.4, 0.5) is 25.0 Å². The number of carbonyl (C=O) groups is 1. The summed E-state index contributed by atoms with van der Waals surface area (Å²) in [4.78, 5) is 17.1. The van der Waals surface area contributed by atoms with Crippen molar-refractivity contribution < 1.29 is 13.6 Å². The van der Waals surface area contributed by atoms with E-state index in [4.69, 9.17) is 10.8 Å². The van der Waals surface area contributed by atoms with Gasteiger partial charge in [-0.2, -0.15) is 0 Å². The van der Waals surface area contributed by atoms with E-state index in [2.05, 4.69) is 5.32 Å². The molecule has 0 fully saturated rings. The number of rotatable bonds is 2. The standard InChI is InChI=1S/C25H34F2N6O/c1-14-10-18(26)11-15(2)20(14)31(8)22(28)33(24(34)30-25(5,6)7)23(29)32(9)21-16(3)12-19(27)13-17(21)4/h10-13,28-29H,1-9H3,(H,30,34). The van der Waals surface area contributed by atoms with Crippen molar-refractivity contribution in [3.8, 4) is 0 Å². The normalized spacial score (nSPS) is 11.1. The molecular weight excluding hydrogens is 438 g/mol. The minimum absolute atomic E-state index is 0.297. The number of nitrogens with zero attached hydrogens (tertiary/aromatic N) is 3. The summed E-state index contributed by atoms with van der Waals surface area (Å²) in [6.07, 6.45) is 0. The zero-order valence-electron chi connectivity index (χ0n) is 21.3. The zero-order valence-corrected chi connectivity index (χ0v) is 21.3. The maximum Gasteiger partial charge on any atom is 0.331 e. The predicted molar refractivity (Wildman–Crippen MR) is 134 cm³/mol. The van der Waals surface area contributed by atoms with Crippen molar-refractivity contribution in [1.82, 2.24) is 10.2 Å². The largest absolute Gasteiger partial charge is 0.333 e. The van der Waals surface area contributed by atoms with Crippen molar-refractivity contribution in [2.24, 2.45) is 0 Å². The number of anilines is 2. The van der Waals surface area contributed by atoms with E-state index in [-0.39, 0.29) is 11.9 Å². The van der Waals surface area contributed by atoms with Crippen LogP contribution in [0.25, 0.3) is 0 Å². The van der Waals surface area contributed by atoms with E-state index in [1.165, 1.54) is 34.1 Å². The second-order valence-corrected chi connectivity index (χ2v) is 9.56. The van der Waals surface area contributed by atoms with Crippen LogP contribution in [0.2, 0.25) is 0 Å². The zero-order chi connectivity index (χ0) is 26.1. The Morgan fingerprint density at radius 1 is 0.765 bits per heavy atom. The van der Waals surface area contributed by atoms with Crippen molar-refractivity contribution in [1.29, 1.82) is 10.8 Å². The van der Waals surface area contributed by atoms with Crippen LogP contribution in [0.3, 0.4) is 0 Å². The Bertz CT molecular complexity index is 1020. The van der Waals surface area contributed by atoms with Gasteiger partial charge < -0.3 is 15.1 Å². The number of carbonyl (C=O) groups excluding carboxylic acids is 1. The average molecular weight is 473 g/mol. The summed E-state index contributed by atoms with van der Waals surface area (Å²) in [6.45, 7) is 12.3. The van der Waals surface area contributed by atoms with Crippen LogP contribution in [-0.2, 0) is 0 Å². The van der Waals surface area contributed by atoms with Gasteiger partial charge in [-0.05, 0) is 95.0 Å². The van der Waals surface area contributed by atoms with Crippen LogP contribution in [0, 0.1) is 50.1 Å². The summed E-state index contributed by atoms with van der Waals surface area (Å²) >= 11 is 0. The molecule has 7 nitrogen and oxygen atoms in total. The molecular formula is C25H34F2N6O.